The van der Waals surface area contributed by atoms with E-state index >= 15 is 0 Å². The smallest absolute Gasteiger partial charge is 0.264 e. The van der Waals surface area contributed by atoms with Crippen molar-refractivity contribution in [3.63, 3.8) is 0 Å². The second-order valence-electron chi connectivity index (χ2n) is 7.63. The second kappa shape index (κ2) is 7.07. The molecule has 1 aliphatic carbocycles. The van der Waals surface area contributed by atoms with Crippen molar-refractivity contribution in [3.8, 4) is 11.4 Å². The third-order valence-electron chi connectivity index (χ3n) is 5.38. The zero-order valence-corrected chi connectivity index (χ0v) is 16.0. The van der Waals surface area contributed by atoms with Gasteiger partial charge in [0, 0.05) is 42.7 Å². The minimum absolute atomic E-state index is 0.0328. The van der Waals surface area contributed by atoms with Crippen LogP contribution in [0.1, 0.15) is 34.6 Å². The van der Waals surface area contributed by atoms with Gasteiger partial charge in [0.15, 0.2) is 0 Å². The molecule has 0 spiro atoms. The van der Waals surface area contributed by atoms with Crippen LogP contribution in [0.5, 0.6) is 0 Å². The summed E-state index contributed by atoms with van der Waals surface area (Å²) in [5.74, 6) is 1.03. The van der Waals surface area contributed by atoms with Crippen LogP contribution in [-0.2, 0) is 6.54 Å². The van der Waals surface area contributed by atoms with E-state index in [1.54, 1.807) is 6.20 Å². The number of nitrogens with zero attached hydrogens (tertiary/aromatic N) is 3. The Hall–Kier alpha value is -3.22. The molecule has 3 aromatic rings. The van der Waals surface area contributed by atoms with E-state index < -0.39 is 11.5 Å². The fourth-order valence-corrected chi connectivity index (χ4v) is 3.28. The molecule has 1 saturated carbocycles. The van der Waals surface area contributed by atoms with Crippen molar-refractivity contribution in [2.24, 2.45) is 5.41 Å². The number of hydrogen-bond donors (Lipinski definition) is 2. The number of aromatic nitrogens is 4. The van der Waals surface area contributed by atoms with E-state index in [1.165, 1.54) is 6.20 Å². The number of benzene rings is 1. The largest absolute Gasteiger partial charge is 0.351 e. The van der Waals surface area contributed by atoms with Gasteiger partial charge in [-0.1, -0.05) is 29.8 Å². The first-order chi connectivity index (χ1) is 13.5. The number of aryl methyl sites for hydroxylation is 2. The van der Waals surface area contributed by atoms with Crippen LogP contribution in [-0.4, -0.2) is 32.0 Å². The SMILES string of the molecule is Cc1ccc(-c2ncc(C(=O)NCC3(Cn4ccnc4C)CC3)c(=O)[nH]2)cc1. The average molecular weight is 377 g/mol. The first-order valence-corrected chi connectivity index (χ1v) is 9.38. The summed E-state index contributed by atoms with van der Waals surface area (Å²) in [6, 6.07) is 7.69. The lowest BCUT2D eigenvalue weighted by molar-refractivity contribution is 0.0941. The maximum atomic E-state index is 12.5. The molecule has 7 nitrogen and oxygen atoms in total. The van der Waals surface area contributed by atoms with E-state index in [-0.39, 0.29) is 11.0 Å². The Bertz CT molecular complexity index is 1060. The molecule has 2 N–H and O–H groups in total. The maximum absolute atomic E-state index is 12.5. The summed E-state index contributed by atoms with van der Waals surface area (Å²) in [6.07, 6.45) is 7.18. The van der Waals surface area contributed by atoms with Gasteiger partial charge < -0.3 is 14.9 Å². The Balaban J connectivity index is 1.43. The predicted molar refractivity (Wildman–Crippen MR) is 106 cm³/mol. The molecule has 1 aromatic carbocycles. The van der Waals surface area contributed by atoms with Gasteiger partial charge in [-0.3, -0.25) is 9.59 Å². The highest BCUT2D eigenvalue weighted by molar-refractivity contribution is 5.93. The predicted octanol–water partition coefficient (Wildman–Crippen LogP) is 2.46. The molecule has 144 valence electrons. The van der Waals surface area contributed by atoms with Crippen molar-refractivity contribution in [2.75, 3.05) is 6.54 Å². The second-order valence-corrected chi connectivity index (χ2v) is 7.63. The van der Waals surface area contributed by atoms with Gasteiger partial charge in [0.25, 0.3) is 11.5 Å². The molecular weight excluding hydrogens is 354 g/mol. The normalized spacial score (nSPS) is 14.6. The summed E-state index contributed by atoms with van der Waals surface area (Å²) in [5, 5.41) is 2.91. The van der Waals surface area contributed by atoms with Gasteiger partial charge in [-0.2, -0.15) is 0 Å². The number of hydrogen-bond acceptors (Lipinski definition) is 4. The molecule has 0 atom stereocenters. The molecule has 0 aliphatic heterocycles. The molecule has 2 aromatic heterocycles. The van der Waals surface area contributed by atoms with Crippen LogP contribution in [0.3, 0.4) is 0 Å². The van der Waals surface area contributed by atoms with Gasteiger partial charge in [0.1, 0.15) is 17.2 Å². The number of nitrogens with one attached hydrogen (secondary N) is 2. The number of aromatic amines is 1. The third-order valence-corrected chi connectivity index (χ3v) is 5.38. The van der Waals surface area contributed by atoms with Crippen LogP contribution in [0, 0.1) is 19.3 Å². The zero-order valence-electron chi connectivity index (χ0n) is 16.0. The Labute approximate surface area is 162 Å². The number of carbonyl (C=O) groups is 1. The highest BCUT2D eigenvalue weighted by Crippen LogP contribution is 2.46. The van der Waals surface area contributed by atoms with E-state index in [9.17, 15) is 9.59 Å². The van der Waals surface area contributed by atoms with Crippen molar-refractivity contribution in [2.45, 2.75) is 33.2 Å². The number of carbonyl (C=O) groups excluding carboxylic acids is 1. The summed E-state index contributed by atoms with van der Waals surface area (Å²) < 4.78 is 2.10. The molecule has 1 amide bonds. The molecule has 1 aliphatic rings. The molecule has 28 heavy (non-hydrogen) atoms. The van der Waals surface area contributed by atoms with Crippen molar-refractivity contribution in [1.82, 2.24) is 24.8 Å². The fourth-order valence-electron chi connectivity index (χ4n) is 3.28. The van der Waals surface area contributed by atoms with E-state index in [2.05, 4.69) is 24.8 Å². The molecular formula is C21H23N5O2. The Morgan fingerprint density at radius 2 is 1.96 bits per heavy atom. The van der Waals surface area contributed by atoms with E-state index in [4.69, 9.17) is 0 Å². The van der Waals surface area contributed by atoms with Gasteiger partial charge in [-0.05, 0) is 26.7 Å². The molecule has 1 fully saturated rings. The van der Waals surface area contributed by atoms with E-state index in [0.717, 1.165) is 36.3 Å². The molecule has 0 radical (unpaired) electrons. The molecule has 0 bridgehead atoms. The lowest BCUT2D eigenvalue weighted by atomic mass is 10.1. The number of rotatable bonds is 6. The minimum Gasteiger partial charge on any atom is -0.351 e. The lowest BCUT2D eigenvalue weighted by Gasteiger charge is -2.17. The molecule has 4 rings (SSSR count). The summed E-state index contributed by atoms with van der Waals surface area (Å²) in [5.41, 5.74) is 1.58. The van der Waals surface area contributed by atoms with Crippen LogP contribution in [0.15, 0.2) is 47.7 Å². The van der Waals surface area contributed by atoms with Gasteiger partial charge in [-0.15, -0.1) is 0 Å². The first kappa shape index (κ1) is 18.2. The van der Waals surface area contributed by atoms with Crippen LogP contribution in [0.25, 0.3) is 11.4 Å². The zero-order chi connectivity index (χ0) is 19.7. The van der Waals surface area contributed by atoms with Crippen LogP contribution in [0.2, 0.25) is 0 Å². The van der Waals surface area contributed by atoms with Crippen LogP contribution in [0.4, 0.5) is 0 Å². The van der Waals surface area contributed by atoms with Gasteiger partial charge in [0.2, 0.25) is 0 Å². The topological polar surface area (TPSA) is 92.7 Å². The van der Waals surface area contributed by atoms with Crippen molar-refractivity contribution >= 4 is 5.91 Å². The number of H-pyrrole nitrogens is 1. The summed E-state index contributed by atoms with van der Waals surface area (Å²) in [7, 11) is 0. The molecule has 7 heteroatoms. The summed E-state index contributed by atoms with van der Waals surface area (Å²) in [6.45, 7) is 5.31. The number of amides is 1. The van der Waals surface area contributed by atoms with Gasteiger partial charge in [-0.25, -0.2) is 9.97 Å². The van der Waals surface area contributed by atoms with Gasteiger partial charge >= 0.3 is 0 Å². The Kier molecular flexibility index (Phi) is 4.58. The Morgan fingerprint density at radius 1 is 1.21 bits per heavy atom. The van der Waals surface area contributed by atoms with Crippen LogP contribution < -0.4 is 10.9 Å². The quantitative estimate of drug-likeness (QED) is 0.690. The highest BCUT2D eigenvalue weighted by Gasteiger charge is 2.43. The molecule has 2 heterocycles. The number of imidazole rings is 1. The first-order valence-electron chi connectivity index (χ1n) is 9.38. The molecule has 0 saturated heterocycles. The van der Waals surface area contributed by atoms with Crippen LogP contribution >= 0.6 is 0 Å². The maximum Gasteiger partial charge on any atom is 0.264 e. The Morgan fingerprint density at radius 3 is 2.57 bits per heavy atom. The van der Waals surface area contributed by atoms with Crippen molar-refractivity contribution in [1.29, 1.82) is 0 Å². The lowest BCUT2D eigenvalue weighted by Crippen LogP contribution is -2.35. The summed E-state index contributed by atoms with van der Waals surface area (Å²) >= 11 is 0. The standard InChI is InChI=1S/C21H23N5O2/c1-14-3-5-16(6-4-14)18-23-11-17(20(28)25-18)19(27)24-12-21(7-8-21)13-26-10-9-22-15(26)2/h3-6,9-11H,7-8,12-13H2,1-2H3,(H,24,27)(H,23,25,28). The van der Waals surface area contributed by atoms with E-state index in [0.29, 0.717) is 12.4 Å². The van der Waals surface area contributed by atoms with Crippen molar-refractivity contribution in [3.05, 3.63) is 70.2 Å². The third kappa shape index (κ3) is 3.74. The van der Waals surface area contributed by atoms with Crippen molar-refractivity contribution < 1.29 is 4.79 Å². The monoisotopic (exact) mass is 377 g/mol. The van der Waals surface area contributed by atoms with E-state index in [1.807, 2.05) is 44.3 Å². The average Bonchev–Trinajstić information content (AvgIpc) is 3.34. The molecule has 0 unspecified atom stereocenters. The summed E-state index contributed by atoms with van der Waals surface area (Å²) in [4.78, 5) is 36.1. The highest BCUT2D eigenvalue weighted by atomic mass is 16.2. The van der Waals surface area contributed by atoms with Gasteiger partial charge in [0.05, 0.1) is 0 Å². The minimum atomic E-state index is -0.432. The fraction of sp³-hybridized carbons (Fsp3) is 0.333.